The molecule has 0 spiro atoms. The van der Waals surface area contributed by atoms with E-state index >= 15 is 0 Å². The maximum Gasteiger partial charge on any atom is 0.261 e. The van der Waals surface area contributed by atoms with Crippen molar-refractivity contribution in [3.05, 3.63) is 205 Å². The molecule has 2 aliphatic rings. The van der Waals surface area contributed by atoms with Crippen molar-refractivity contribution >= 4 is 62.9 Å². The number of pyridine rings is 2. The largest absolute Gasteiger partial charge is 0.369 e. The van der Waals surface area contributed by atoms with Gasteiger partial charge in [-0.15, -0.1) is 0 Å². The molecule has 2 saturated heterocycles. The molecule has 2 aliphatic heterocycles. The first-order valence-electron chi connectivity index (χ1n) is 22.8. The van der Waals surface area contributed by atoms with E-state index in [-0.39, 0.29) is 20.6 Å². The fraction of sp³-hybridized carbons (Fsp3) is 0.222. The SMILES string of the molecule is O=S(=O)(Cl)c1ccc(F)cc1.O=S(=O)(c1ccc(F)cc1)N1CCC(CNc2nccc3ccccc23)(c2ccccc2)CC1.c1ccc(C2(CNc3nccc4ccccc34)CCNCC2)cc1. The molecular weight excluding hydrogens is 934 g/mol. The summed E-state index contributed by atoms with van der Waals surface area (Å²) >= 11 is 0. The minimum absolute atomic E-state index is 0.0967. The molecule has 0 unspecified atom stereocenters. The summed E-state index contributed by atoms with van der Waals surface area (Å²) in [6.45, 7) is 4.47. The third-order valence-corrected chi connectivity index (χ3v) is 16.4. The Kier molecular flexibility index (Phi) is 15.7. The Morgan fingerprint density at radius 1 is 0.522 bits per heavy atom. The highest BCUT2D eigenvalue weighted by molar-refractivity contribution is 8.13. The predicted octanol–water partition coefficient (Wildman–Crippen LogP) is 10.9. The molecule has 2 aromatic heterocycles. The lowest BCUT2D eigenvalue weighted by Crippen LogP contribution is -2.48. The molecule has 8 aromatic rings. The van der Waals surface area contributed by atoms with Crippen molar-refractivity contribution < 1.29 is 25.6 Å². The number of sulfonamides is 1. The number of hydrogen-bond acceptors (Lipinski definition) is 9. The van der Waals surface area contributed by atoms with E-state index in [0.717, 1.165) is 79.1 Å². The first-order chi connectivity index (χ1) is 33.4. The van der Waals surface area contributed by atoms with E-state index in [1.54, 1.807) is 6.20 Å². The third-order valence-electron chi connectivity index (χ3n) is 13.1. The maximum atomic E-state index is 13.3. The highest BCUT2D eigenvalue weighted by atomic mass is 35.7. The zero-order chi connectivity index (χ0) is 48.3. The lowest BCUT2D eigenvalue weighted by Gasteiger charge is -2.42. The molecule has 0 saturated carbocycles. The van der Waals surface area contributed by atoms with Gasteiger partial charge in [0.05, 0.1) is 9.79 Å². The Morgan fingerprint density at radius 2 is 0.928 bits per heavy atom. The molecule has 356 valence electrons. The predicted molar refractivity (Wildman–Crippen MR) is 273 cm³/mol. The molecule has 3 N–H and O–H groups in total. The number of piperidine rings is 2. The van der Waals surface area contributed by atoms with Crippen LogP contribution in [0.15, 0.2) is 192 Å². The molecule has 0 atom stereocenters. The van der Waals surface area contributed by atoms with Crippen LogP contribution in [-0.4, -0.2) is 70.4 Å². The van der Waals surface area contributed by atoms with Crippen molar-refractivity contribution in [3.8, 4) is 0 Å². The van der Waals surface area contributed by atoms with Crippen LogP contribution in [-0.2, 0) is 29.9 Å². The average Bonchev–Trinajstić information content (AvgIpc) is 3.39. The van der Waals surface area contributed by atoms with Gasteiger partial charge in [0, 0.05) is 70.9 Å². The number of nitrogens with one attached hydrogen (secondary N) is 3. The van der Waals surface area contributed by atoms with E-state index in [9.17, 15) is 25.6 Å². The molecular formula is C54H53ClF2N6O4S2. The Bertz CT molecular complexity index is 3170. The van der Waals surface area contributed by atoms with Crippen molar-refractivity contribution in [3.63, 3.8) is 0 Å². The number of rotatable bonds is 11. The zero-order valence-electron chi connectivity index (χ0n) is 37.8. The van der Waals surface area contributed by atoms with Crippen molar-refractivity contribution in [1.29, 1.82) is 0 Å². The fourth-order valence-corrected chi connectivity index (χ4v) is 11.4. The first kappa shape index (κ1) is 49.1. The van der Waals surface area contributed by atoms with Crippen LogP contribution in [0.2, 0.25) is 0 Å². The number of nitrogens with zero attached hydrogens (tertiary/aromatic N) is 3. The van der Waals surface area contributed by atoms with Gasteiger partial charge in [0.15, 0.2) is 0 Å². The summed E-state index contributed by atoms with van der Waals surface area (Å²) in [4.78, 5) is 9.19. The third kappa shape index (κ3) is 11.9. The van der Waals surface area contributed by atoms with Gasteiger partial charge in [-0.1, -0.05) is 109 Å². The zero-order valence-corrected chi connectivity index (χ0v) is 40.2. The number of hydrogen-bond donors (Lipinski definition) is 3. The molecule has 0 aliphatic carbocycles. The van der Waals surface area contributed by atoms with Crippen LogP contribution in [0.25, 0.3) is 21.5 Å². The number of anilines is 2. The summed E-state index contributed by atoms with van der Waals surface area (Å²) in [6, 6.07) is 51.1. The van der Waals surface area contributed by atoms with Crippen molar-refractivity contribution in [2.24, 2.45) is 0 Å². The van der Waals surface area contributed by atoms with Crippen molar-refractivity contribution in [2.75, 3.05) is 49.9 Å². The standard InChI is InChI=1S/C27H26FN3O2S.C21H23N3.C6H4ClFO2S/c28-23-10-12-24(13-11-23)34(32,33)31-18-15-27(16-19-31,22-7-2-1-3-8-22)20-30-26-25-9-5-4-6-21(25)14-17-29-26;1-2-7-18(8-3-1)21(11-14-22-15-12-21)16-24-20-19-9-5-4-6-17(19)10-13-23-20;7-11(9,10)6-3-1-5(8)2-4-6/h1-14,17H,15-16,18-20H2,(H,29,30);1-10,13,22H,11-12,14-16H2,(H,23,24);1-4H. The molecule has 6 aromatic carbocycles. The molecule has 0 bridgehead atoms. The van der Waals surface area contributed by atoms with Crippen LogP contribution in [0.3, 0.4) is 0 Å². The smallest absolute Gasteiger partial charge is 0.261 e. The van der Waals surface area contributed by atoms with Gasteiger partial charge in [-0.05, 0) is 121 Å². The summed E-state index contributed by atoms with van der Waals surface area (Å²) in [5.74, 6) is 0.875. The Labute approximate surface area is 407 Å². The van der Waals surface area contributed by atoms with E-state index in [1.165, 1.54) is 50.5 Å². The van der Waals surface area contributed by atoms with Gasteiger partial charge < -0.3 is 16.0 Å². The van der Waals surface area contributed by atoms with Gasteiger partial charge in [0.2, 0.25) is 10.0 Å². The van der Waals surface area contributed by atoms with Crippen LogP contribution in [0.1, 0.15) is 36.8 Å². The molecule has 4 heterocycles. The van der Waals surface area contributed by atoms with Gasteiger partial charge in [0.25, 0.3) is 9.05 Å². The van der Waals surface area contributed by atoms with Crippen LogP contribution >= 0.6 is 10.7 Å². The van der Waals surface area contributed by atoms with Crippen molar-refractivity contribution in [1.82, 2.24) is 19.6 Å². The molecule has 2 fully saturated rings. The topological polar surface area (TPSA) is 133 Å². The molecule has 10 nitrogen and oxygen atoms in total. The van der Waals surface area contributed by atoms with E-state index in [1.807, 2.05) is 42.6 Å². The molecule has 0 radical (unpaired) electrons. The van der Waals surface area contributed by atoms with E-state index in [0.29, 0.717) is 32.5 Å². The summed E-state index contributed by atoms with van der Waals surface area (Å²) in [5.41, 5.74) is 2.54. The second-order valence-corrected chi connectivity index (χ2v) is 21.8. The lowest BCUT2D eigenvalue weighted by molar-refractivity contribution is 0.242. The monoisotopic (exact) mass is 986 g/mol. The Balaban J connectivity index is 0.000000158. The molecule has 15 heteroatoms. The highest BCUT2D eigenvalue weighted by Gasteiger charge is 2.40. The van der Waals surface area contributed by atoms with Crippen LogP contribution in [0.5, 0.6) is 0 Å². The summed E-state index contributed by atoms with van der Waals surface area (Å²) in [5, 5.41) is 15.3. The second-order valence-electron chi connectivity index (χ2n) is 17.3. The van der Waals surface area contributed by atoms with Gasteiger partial charge in [-0.2, -0.15) is 4.31 Å². The number of aromatic nitrogens is 2. The van der Waals surface area contributed by atoms with Crippen LogP contribution < -0.4 is 16.0 Å². The fourth-order valence-electron chi connectivity index (χ4n) is 9.16. The quantitative estimate of drug-likeness (QED) is 0.108. The molecule has 10 rings (SSSR count). The van der Waals surface area contributed by atoms with Crippen LogP contribution in [0.4, 0.5) is 20.4 Å². The highest BCUT2D eigenvalue weighted by Crippen LogP contribution is 2.38. The van der Waals surface area contributed by atoms with Gasteiger partial charge in [-0.25, -0.2) is 35.6 Å². The number of benzene rings is 6. The summed E-state index contributed by atoms with van der Waals surface area (Å²) < 4.78 is 74.5. The van der Waals surface area contributed by atoms with E-state index in [2.05, 4.69) is 111 Å². The lowest BCUT2D eigenvalue weighted by atomic mass is 9.73. The minimum atomic E-state index is -3.71. The van der Waals surface area contributed by atoms with Gasteiger partial charge >= 0.3 is 0 Å². The maximum absolute atomic E-state index is 13.3. The van der Waals surface area contributed by atoms with Crippen molar-refractivity contribution in [2.45, 2.75) is 46.3 Å². The summed E-state index contributed by atoms with van der Waals surface area (Å²) in [6.07, 6.45) is 7.31. The first-order valence-corrected chi connectivity index (χ1v) is 26.5. The van der Waals surface area contributed by atoms with Gasteiger partial charge in [-0.3, -0.25) is 0 Å². The summed E-state index contributed by atoms with van der Waals surface area (Å²) in [7, 11) is -2.43. The minimum Gasteiger partial charge on any atom is -0.369 e. The second kappa shape index (κ2) is 22.0. The molecule has 0 amide bonds. The Morgan fingerprint density at radius 3 is 1.38 bits per heavy atom. The molecule has 69 heavy (non-hydrogen) atoms. The van der Waals surface area contributed by atoms with Crippen LogP contribution in [0, 0.1) is 11.6 Å². The van der Waals surface area contributed by atoms with E-state index in [4.69, 9.17) is 10.7 Å². The normalized spacial score (nSPS) is 15.8. The van der Waals surface area contributed by atoms with Gasteiger partial charge in [0.1, 0.15) is 23.3 Å². The van der Waals surface area contributed by atoms with E-state index < -0.39 is 30.7 Å². The number of halogens is 3. The average molecular weight is 988 g/mol. The number of fused-ring (bicyclic) bond motifs is 2. The Hall–Kier alpha value is -6.29.